The largest absolute Gasteiger partial charge is 0.382 e. The van der Waals surface area contributed by atoms with Crippen LogP contribution in [0.2, 0.25) is 5.02 Å². The molecule has 90 valence electrons. The maximum atomic E-state index is 9.41. The van der Waals surface area contributed by atoms with Crippen molar-refractivity contribution >= 4 is 11.6 Å². The fraction of sp³-hybridized carbons (Fsp3) is 0.273. The van der Waals surface area contributed by atoms with Crippen LogP contribution in [-0.2, 0) is 6.42 Å². The predicted octanol–water partition coefficient (Wildman–Crippen LogP) is 1.31. The van der Waals surface area contributed by atoms with Crippen LogP contribution in [0.5, 0.6) is 0 Å². The molecule has 0 spiro atoms. The molecule has 0 amide bonds. The first-order valence-electron chi connectivity index (χ1n) is 5.14. The molecule has 1 aromatic heterocycles. The number of aliphatic hydroxyl groups excluding tert-OH is 1. The molecule has 6 heteroatoms. The van der Waals surface area contributed by atoms with Crippen molar-refractivity contribution < 1.29 is 9.63 Å². The average Bonchev–Trinajstić information content (AvgIpc) is 2.80. The molecule has 5 nitrogen and oxygen atoms in total. The Bertz CT molecular complexity index is 484. The van der Waals surface area contributed by atoms with Gasteiger partial charge in [-0.3, -0.25) is 0 Å². The second-order valence-corrected chi connectivity index (χ2v) is 4.04. The minimum absolute atomic E-state index is 0.0581. The molecule has 1 atom stereocenters. The van der Waals surface area contributed by atoms with Gasteiger partial charge in [0.25, 0.3) is 5.89 Å². The molecule has 0 aliphatic heterocycles. The molecule has 0 unspecified atom stereocenters. The van der Waals surface area contributed by atoms with Crippen LogP contribution in [0, 0.1) is 0 Å². The van der Waals surface area contributed by atoms with Crippen LogP contribution in [0.4, 0.5) is 0 Å². The number of benzene rings is 1. The summed E-state index contributed by atoms with van der Waals surface area (Å²) < 4.78 is 4.90. The topological polar surface area (TPSA) is 85.2 Å². The highest BCUT2D eigenvalue weighted by atomic mass is 35.5. The summed E-state index contributed by atoms with van der Waals surface area (Å²) in [5.41, 5.74) is 6.31. The molecule has 1 heterocycles. The smallest absolute Gasteiger partial charge is 0.256 e. The summed E-state index contributed by atoms with van der Waals surface area (Å²) in [6.45, 7) is 0.0581. The Balaban J connectivity index is 2.08. The van der Waals surface area contributed by atoms with E-state index in [0.29, 0.717) is 17.3 Å². The zero-order chi connectivity index (χ0) is 12.3. The second kappa shape index (κ2) is 5.27. The normalized spacial score (nSPS) is 12.6. The zero-order valence-electron chi connectivity index (χ0n) is 9.01. The summed E-state index contributed by atoms with van der Waals surface area (Å²) in [5.74, 6) is 0.659. The van der Waals surface area contributed by atoms with Gasteiger partial charge in [0, 0.05) is 18.0 Å². The SMILES string of the molecule is NC[C@H](O)c1nc(Cc2ccc(Cl)cc2)no1. The van der Waals surface area contributed by atoms with Crippen LogP contribution < -0.4 is 5.73 Å². The number of aliphatic hydroxyl groups is 1. The van der Waals surface area contributed by atoms with Gasteiger partial charge in [-0.25, -0.2) is 0 Å². The first-order chi connectivity index (χ1) is 8.19. The molecule has 0 saturated heterocycles. The minimum Gasteiger partial charge on any atom is -0.382 e. The highest BCUT2D eigenvalue weighted by Gasteiger charge is 2.14. The Morgan fingerprint density at radius 1 is 1.35 bits per heavy atom. The molecule has 0 aliphatic rings. The number of nitrogens with zero attached hydrogens (tertiary/aromatic N) is 2. The highest BCUT2D eigenvalue weighted by molar-refractivity contribution is 6.30. The van der Waals surface area contributed by atoms with Crippen molar-refractivity contribution in [3.63, 3.8) is 0 Å². The Morgan fingerprint density at radius 3 is 2.71 bits per heavy atom. The van der Waals surface area contributed by atoms with E-state index in [0.717, 1.165) is 5.56 Å². The van der Waals surface area contributed by atoms with Gasteiger partial charge in [0.05, 0.1) is 0 Å². The van der Waals surface area contributed by atoms with Gasteiger partial charge in [0.2, 0.25) is 0 Å². The van der Waals surface area contributed by atoms with E-state index in [-0.39, 0.29) is 12.4 Å². The Kier molecular flexibility index (Phi) is 3.73. The number of nitrogens with two attached hydrogens (primary N) is 1. The van der Waals surface area contributed by atoms with Crippen molar-refractivity contribution in [2.75, 3.05) is 6.54 Å². The van der Waals surface area contributed by atoms with E-state index in [9.17, 15) is 5.11 Å². The molecule has 2 rings (SSSR count). The molecule has 0 aliphatic carbocycles. The molecule has 0 radical (unpaired) electrons. The Hall–Kier alpha value is -1.43. The first-order valence-corrected chi connectivity index (χ1v) is 5.52. The Morgan fingerprint density at radius 2 is 2.06 bits per heavy atom. The molecule has 0 fully saturated rings. The van der Waals surface area contributed by atoms with Crippen LogP contribution in [0.25, 0.3) is 0 Å². The summed E-state index contributed by atoms with van der Waals surface area (Å²) in [7, 11) is 0. The molecule has 1 aromatic carbocycles. The van der Waals surface area contributed by atoms with Crippen molar-refractivity contribution in [2.45, 2.75) is 12.5 Å². The van der Waals surface area contributed by atoms with Gasteiger partial charge in [0.1, 0.15) is 6.10 Å². The quantitative estimate of drug-likeness (QED) is 0.858. The van der Waals surface area contributed by atoms with Gasteiger partial charge in [-0.05, 0) is 17.7 Å². The maximum Gasteiger partial charge on any atom is 0.256 e. The van der Waals surface area contributed by atoms with Gasteiger partial charge in [-0.2, -0.15) is 4.98 Å². The maximum absolute atomic E-state index is 9.41. The van der Waals surface area contributed by atoms with E-state index >= 15 is 0 Å². The van der Waals surface area contributed by atoms with Crippen molar-refractivity contribution in [3.05, 3.63) is 46.6 Å². The lowest BCUT2D eigenvalue weighted by Gasteiger charge is -1.98. The van der Waals surface area contributed by atoms with E-state index in [1.165, 1.54) is 0 Å². The van der Waals surface area contributed by atoms with Gasteiger partial charge in [-0.15, -0.1) is 0 Å². The van der Waals surface area contributed by atoms with Crippen LogP contribution >= 0.6 is 11.6 Å². The molecular formula is C11H12ClN3O2. The lowest BCUT2D eigenvalue weighted by molar-refractivity contribution is 0.141. The summed E-state index contributed by atoms with van der Waals surface area (Å²) in [6.07, 6.45) is -0.376. The van der Waals surface area contributed by atoms with Crippen LogP contribution in [-0.4, -0.2) is 21.8 Å². The third kappa shape index (κ3) is 3.03. The van der Waals surface area contributed by atoms with Crippen molar-refractivity contribution in [2.24, 2.45) is 5.73 Å². The van der Waals surface area contributed by atoms with E-state index in [1.54, 1.807) is 12.1 Å². The molecule has 3 N–H and O–H groups in total. The second-order valence-electron chi connectivity index (χ2n) is 3.60. The monoisotopic (exact) mass is 253 g/mol. The zero-order valence-corrected chi connectivity index (χ0v) is 9.76. The predicted molar refractivity (Wildman–Crippen MR) is 62.6 cm³/mol. The average molecular weight is 254 g/mol. The summed E-state index contributed by atoms with van der Waals surface area (Å²) >= 11 is 5.78. The first kappa shape index (κ1) is 12.0. The number of hydrogen-bond donors (Lipinski definition) is 2. The fourth-order valence-corrected chi connectivity index (χ4v) is 1.49. The number of rotatable bonds is 4. The Labute approximate surface area is 103 Å². The number of hydrogen-bond acceptors (Lipinski definition) is 5. The third-order valence-electron chi connectivity index (χ3n) is 2.27. The van der Waals surface area contributed by atoms with Crippen molar-refractivity contribution in [1.82, 2.24) is 10.1 Å². The highest BCUT2D eigenvalue weighted by Crippen LogP contribution is 2.14. The van der Waals surface area contributed by atoms with Crippen LogP contribution in [0.1, 0.15) is 23.4 Å². The molecule has 2 aromatic rings. The number of halogens is 1. The van der Waals surface area contributed by atoms with E-state index in [1.807, 2.05) is 12.1 Å². The molecular weight excluding hydrogens is 242 g/mol. The minimum atomic E-state index is -0.901. The molecule has 0 saturated carbocycles. The fourth-order valence-electron chi connectivity index (χ4n) is 1.36. The van der Waals surface area contributed by atoms with Crippen molar-refractivity contribution in [3.8, 4) is 0 Å². The van der Waals surface area contributed by atoms with Gasteiger partial charge in [0.15, 0.2) is 5.82 Å². The van der Waals surface area contributed by atoms with Crippen LogP contribution in [0.15, 0.2) is 28.8 Å². The molecule has 17 heavy (non-hydrogen) atoms. The van der Waals surface area contributed by atoms with Gasteiger partial charge >= 0.3 is 0 Å². The third-order valence-corrected chi connectivity index (χ3v) is 2.52. The van der Waals surface area contributed by atoms with E-state index in [4.69, 9.17) is 21.9 Å². The summed E-state index contributed by atoms with van der Waals surface area (Å²) in [4.78, 5) is 4.06. The van der Waals surface area contributed by atoms with E-state index < -0.39 is 6.10 Å². The standard InChI is InChI=1S/C11H12ClN3O2/c12-8-3-1-7(2-4-8)5-10-14-11(17-15-10)9(16)6-13/h1-4,9,16H,5-6,13H2/t9-/m0/s1. The number of aromatic nitrogens is 2. The van der Waals surface area contributed by atoms with E-state index in [2.05, 4.69) is 10.1 Å². The molecule has 0 bridgehead atoms. The summed E-state index contributed by atoms with van der Waals surface area (Å²) in [5, 5.41) is 13.9. The van der Waals surface area contributed by atoms with Crippen LogP contribution in [0.3, 0.4) is 0 Å². The van der Waals surface area contributed by atoms with Gasteiger partial charge in [-0.1, -0.05) is 28.9 Å². The van der Waals surface area contributed by atoms with Gasteiger partial charge < -0.3 is 15.4 Å². The van der Waals surface area contributed by atoms with Crippen molar-refractivity contribution in [1.29, 1.82) is 0 Å². The summed E-state index contributed by atoms with van der Waals surface area (Å²) in [6, 6.07) is 7.37. The lowest BCUT2D eigenvalue weighted by Crippen LogP contribution is -2.11. The lowest BCUT2D eigenvalue weighted by atomic mass is 10.1.